The Hall–Kier alpha value is -2.78. The molecule has 0 amide bonds. The van der Waals surface area contributed by atoms with E-state index < -0.39 is 21.6 Å². The highest BCUT2D eigenvalue weighted by molar-refractivity contribution is 7.90. The minimum atomic E-state index is -3.97. The van der Waals surface area contributed by atoms with Crippen molar-refractivity contribution in [3.05, 3.63) is 83.8 Å². The highest BCUT2D eigenvalue weighted by Gasteiger charge is 2.37. The summed E-state index contributed by atoms with van der Waals surface area (Å²) in [6.07, 6.45) is 5.74. The number of allylic oxidation sites excluding steroid dienone is 1. The number of nitrogens with zero attached hydrogens (tertiary/aromatic N) is 1. The molecule has 0 bridgehead atoms. The molecule has 3 aromatic rings. The Morgan fingerprint density at radius 3 is 2.59 bits per heavy atom. The molecule has 5 rings (SSSR count). The number of rotatable bonds is 6. The van der Waals surface area contributed by atoms with Gasteiger partial charge >= 0.3 is 0 Å². The van der Waals surface area contributed by atoms with Crippen LogP contribution in [-0.4, -0.2) is 38.4 Å². The van der Waals surface area contributed by atoms with Crippen molar-refractivity contribution in [2.45, 2.75) is 36.5 Å². The Bertz CT molecular complexity index is 1340. The lowest BCUT2D eigenvalue weighted by Gasteiger charge is -2.30. The van der Waals surface area contributed by atoms with Crippen LogP contribution < -0.4 is 5.32 Å². The average molecular weight is 483 g/mol. The Morgan fingerprint density at radius 2 is 1.88 bits per heavy atom. The lowest BCUT2D eigenvalue weighted by Crippen LogP contribution is -2.31. The van der Waals surface area contributed by atoms with E-state index in [1.165, 1.54) is 10.0 Å². The third-order valence-electron chi connectivity index (χ3n) is 6.38. The predicted molar refractivity (Wildman–Crippen MR) is 128 cm³/mol. The molecule has 0 radical (unpaired) electrons. The summed E-state index contributed by atoms with van der Waals surface area (Å²) in [4.78, 5) is 0.156. The first kappa shape index (κ1) is 23.0. The van der Waals surface area contributed by atoms with E-state index in [1.807, 2.05) is 6.07 Å². The number of hydrogen-bond acceptors (Lipinski definition) is 5. The van der Waals surface area contributed by atoms with Gasteiger partial charge in [0.2, 0.25) is 0 Å². The molecule has 6 nitrogen and oxygen atoms in total. The SMILES string of the molecule is CNCc1cc(-c2ccccc2F)n(S(=O)(=O)c2cccc(C3=CCC4(CC3)OCCO4)c2)c1. The standard InChI is InChI=1S/C26H27FN2O4S/c1-28-17-19-15-25(23-7-2-3-8-24(23)27)29(18-19)34(30,31)22-6-4-5-21(16-22)20-9-11-26(12-10-20)32-13-14-33-26/h2-9,15-16,18,28H,10-14,17H2,1H3. The largest absolute Gasteiger partial charge is 0.347 e. The van der Waals surface area contributed by atoms with Crippen LogP contribution in [0.1, 0.15) is 30.4 Å². The van der Waals surface area contributed by atoms with Gasteiger partial charge in [0.25, 0.3) is 10.0 Å². The Balaban J connectivity index is 1.53. The molecule has 0 saturated carbocycles. The second-order valence-electron chi connectivity index (χ2n) is 8.61. The molecule has 2 aliphatic rings. The average Bonchev–Trinajstić information content (AvgIpc) is 3.48. The van der Waals surface area contributed by atoms with Crippen LogP contribution in [0.4, 0.5) is 4.39 Å². The van der Waals surface area contributed by atoms with E-state index in [-0.39, 0.29) is 10.5 Å². The zero-order valence-electron chi connectivity index (χ0n) is 19.0. The summed E-state index contributed by atoms with van der Waals surface area (Å²) in [7, 11) is -2.19. The normalized spacial score (nSPS) is 17.8. The van der Waals surface area contributed by atoms with E-state index in [9.17, 15) is 12.8 Å². The molecule has 0 atom stereocenters. The van der Waals surface area contributed by atoms with Gasteiger partial charge in [-0.15, -0.1) is 0 Å². The van der Waals surface area contributed by atoms with E-state index in [0.29, 0.717) is 31.9 Å². The van der Waals surface area contributed by atoms with Crippen LogP contribution in [0.5, 0.6) is 0 Å². The zero-order chi connectivity index (χ0) is 23.8. The molecule has 34 heavy (non-hydrogen) atoms. The lowest BCUT2D eigenvalue weighted by atomic mass is 9.90. The highest BCUT2D eigenvalue weighted by Crippen LogP contribution is 2.39. The maximum Gasteiger partial charge on any atom is 0.268 e. The maximum absolute atomic E-state index is 14.6. The number of ether oxygens (including phenoxy) is 2. The molecule has 1 aliphatic heterocycles. The lowest BCUT2D eigenvalue weighted by molar-refractivity contribution is -0.159. The highest BCUT2D eigenvalue weighted by atomic mass is 32.2. The number of benzene rings is 2. The topological polar surface area (TPSA) is 69.6 Å². The third-order valence-corrected chi connectivity index (χ3v) is 8.05. The second kappa shape index (κ2) is 9.11. The summed E-state index contributed by atoms with van der Waals surface area (Å²) in [5, 5.41) is 3.02. The molecule has 1 aromatic heterocycles. The molecule has 8 heteroatoms. The van der Waals surface area contributed by atoms with Crippen LogP contribution in [0.15, 0.2) is 71.8 Å². The van der Waals surface area contributed by atoms with Gasteiger partial charge in [-0.05, 0) is 60.5 Å². The summed E-state index contributed by atoms with van der Waals surface area (Å²) < 4.78 is 54.9. The molecular weight excluding hydrogens is 455 g/mol. The fourth-order valence-corrected chi connectivity index (χ4v) is 6.10. The monoisotopic (exact) mass is 482 g/mol. The quantitative estimate of drug-likeness (QED) is 0.558. The van der Waals surface area contributed by atoms with E-state index in [0.717, 1.165) is 29.5 Å². The third kappa shape index (κ3) is 4.22. The van der Waals surface area contributed by atoms with Gasteiger partial charge in [-0.3, -0.25) is 0 Å². The van der Waals surface area contributed by atoms with Crippen molar-refractivity contribution in [2.24, 2.45) is 0 Å². The van der Waals surface area contributed by atoms with Crippen LogP contribution in [0.3, 0.4) is 0 Å². The predicted octanol–water partition coefficient (Wildman–Crippen LogP) is 4.56. The summed E-state index contributed by atoms with van der Waals surface area (Å²) in [5.41, 5.74) is 3.20. The van der Waals surface area contributed by atoms with E-state index in [2.05, 4.69) is 11.4 Å². The van der Waals surface area contributed by atoms with Crippen LogP contribution in [-0.2, 0) is 26.0 Å². The molecule has 1 N–H and O–H groups in total. The van der Waals surface area contributed by atoms with Crippen LogP contribution in [0.2, 0.25) is 0 Å². The number of nitrogens with one attached hydrogen (secondary N) is 1. The minimum Gasteiger partial charge on any atom is -0.347 e. The van der Waals surface area contributed by atoms with Gasteiger partial charge in [0.15, 0.2) is 5.79 Å². The number of aromatic nitrogens is 1. The molecule has 1 aliphatic carbocycles. The smallest absolute Gasteiger partial charge is 0.268 e. The molecule has 2 heterocycles. The van der Waals surface area contributed by atoms with Crippen molar-refractivity contribution in [1.82, 2.24) is 9.29 Å². The van der Waals surface area contributed by atoms with Gasteiger partial charge in [0, 0.05) is 31.1 Å². The van der Waals surface area contributed by atoms with Gasteiger partial charge < -0.3 is 14.8 Å². The van der Waals surface area contributed by atoms with Gasteiger partial charge in [-0.2, -0.15) is 0 Å². The van der Waals surface area contributed by atoms with Gasteiger partial charge in [-0.1, -0.05) is 30.3 Å². The van der Waals surface area contributed by atoms with Crippen molar-refractivity contribution >= 4 is 15.6 Å². The first-order chi connectivity index (χ1) is 16.4. The molecule has 178 valence electrons. The minimum absolute atomic E-state index is 0.156. The van der Waals surface area contributed by atoms with E-state index in [1.54, 1.807) is 55.7 Å². The van der Waals surface area contributed by atoms with Gasteiger partial charge in [0.05, 0.1) is 23.8 Å². The molecule has 1 spiro atoms. The van der Waals surface area contributed by atoms with Crippen molar-refractivity contribution in [2.75, 3.05) is 20.3 Å². The number of hydrogen-bond donors (Lipinski definition) is 1. The molecule has 1 fully saturated rings. The van der Waals surface area contributed by atoms with E-state index >= 15 is 0 Å². The van der Waals surface area contributed by atoms with E-state index in [4.69, 9.17) is 9.47 Å². The van der Waals surface area contributed by atoms with Crippen LogP contribution >= 0.6 is 0 Å². The number of halogens is 1. The summed E-state index contributed by atoms with van der Waals surface area (Å²) in [5.74, 6) is -1.00. The fraction of sp³-hybridized carbons (Fsp3) is 0.308. The molecule has 2 aromatic carbocycles. The van der Waals surface area contributed by atoms with Crippen molar-refractivity contribution in [3.63, 3.8) is 0 Å². The molecule has 0 unspecified atom stereocenters. The van der Waals surface area contributed by atoms with Crippen LogP contribution in [0, 0.1) is 5.82 Å². The Labute approximate surface area is 199 Å². The van der Waals surface area contributed by atoms with Gasteiger partial charge in [-0.25, -0.2) is 16.8 Å². The molecule has 1 saturated heterocycles. The van der Waals surface area contributed by atoms with Crippen molar-refractivity contribution < 1.29 is 22.3 Å². The Kier molecular flexibility index (Phi) is 6.16. The summed E-state index contributed by atoms with van der Waals surface area (Å²) in [6, 6.07) is 14.8. The fourth-order valence-electron chi connectivity index (χ4n) is 4.66. The molecular formula is C26H27FN2O4S. The first-order valence-corrected chi connectivity index (χ1v) is 12.8. The second-order valence-corrected chi connectivity index (χ2v) is 10.4. The zero-order valence-corrected chi connectivity index (χ0v) is 19.8. The van der Waals surface area contributed by atoms with Gasteiger partial charge in [0.1, 0.15) is 5.82 Å². The Morgan fingerprint density at radius 1 is 1.09 bits per heavy atom. The summed E-state index contributed by atoms with van der Waals surface area (Å²) >= 11 is 0. The van der Waals surface area contributed by atoms with Crippen molar-refractivity contribution in [3.8, 4) is 11.3 Å². The first-order valence-electron chi connectivity index (χ1n) is 11.4. The maximum atomic E-state index is 14.6. The summed E-state index contributed by atoms with van der Waals surface area (Å²) in [6.45, 7) is 1.67. The van der Waals surface area contributed by atoms with Crippen LogP contribution in [0.25, 0.3) is 16.8 Å². The van der Waals surface area contributed by atoms with Crippen molar-refractivity contribution in [1.29, 1.82) is 0 Å².